The SMILES string of the molecule is CC1CN(C(=O)CSc2n[nH]c(-c3ccccn3)n2)CC(C)O1. The molecule has 23 heavy (non-hydrogen) atoms. The molecule has 0 radical (unpaired) electrons. The third kappa shape index (κ3) is 4.08. The predicted molar refractivity (Wildman–Crippen MR) is 86.9 cm³/mol. The minimum absolute atomic E-state index is 0.0759. The zero-order chi connectivity index (χ0) is 16.2. The molecular weight excluding hydrogens is 314 g/mol. The largest absolute Gasteiger partial charge is 0.372 e. The number of aromatic nitrogens is 4. The van der Waals surface area contributed by atoms with Crippen LogP contribution in [0, 0.1) is 0 Å². The normalized spacial score (nSPS) is 21.4. The molecule has 1 aliphatic heterocycles. The van der Waals surface area contributed by atoms with E-state index in [1.165, 1.54) is 11.8 Å². The van der Waals surface area contributed by atoms with Crippen LogP contribution < -0.4 is 0 Å². The summed E-state index contributed by atoms with van der Waals surface area (Å²) < 4.78 is 5.64. The van der Waals surface area contributed by atoms with Gasteiger partial charge in [0.2, 0.25) is 11.1 Å². The van der Waals surface area contributed by atoms with E-state index in [2.05, 4.69) is 20.2 Å². The van der Waals surface area contributed by atoms with E-state index in [9.17, 15) is 4.79 Å². The fourth-order valence-corrected chi connectivity index (χ4v) is 3.23. The number of pyridine rings is 1. The monoisotopic (exact) mass is 333 g/mol. The molecule has 8 heteroatoms. The fourth-order valence-electron chi connectivity index (χ4n) is 2.53. The summed E-state index contributed by atoms with van der Waals surface area (Å²) in [5.74, 6) is 1.01. The zero-order valence-electron chi connectivity index (χ0n) is 13.1. The molecule has 0 saturated carbocycles. The molecule has 0 aliphatic carbocycles. The zero-order valence-corrected chi connectivity index (χ0v) is 13.9. The molecule has 1 saturated heterocycles. The van der Waals surface area contributed by atoms with Crippen molar-refractivity contribution < 1.29 is 9.53 Å². The van der Waals surface area contributed by atoms with E-state index in [1.54, 1.807) is 6.20 Å². The number of ether oxygens (including phenoxy) is 1. The van der Waals surface area contributed by atoms with Crippen molar-refractivity contribution in [1.29, 1.82) is 0 Å². The second kappa shape index (κ2) is 7.10. The summed E-state index contributed by atoms with van der Waals surface area (Å²) in [5, 5.41) is 7.53. The summed E-state index contributed by atoms with van der Waals surface area (Å²) in [4.78, 5) is 22.7. The lowest BCUT2D eigenvalue weighted by Gasteiger charge is -2.35. The number of amides is 1. The molecule has 2 atom stereocenters. The van der Waals surface area contributed by atoms with Crippen molar-refractivity contribution in [3.63, 3.8) is 0 Å². The molecule has 2 aromatic heterocycles. The highest BCUT2D eigenvalue weighted by molar-refractivity contribution is 7.99. The lowest BCUT2D eigenvalue weighted by atomic mass is 10.2. The van der Waals surface area contributed by atoms with Gasteiger partial charge in [-0.3, -0.25) is 14.9 Å². The lowest BCUT2D eigenvalue weighted by molar-refractivity contribution is -0.140. The van der Waals surface area contributed by atoms with E-state index < -0.39 is 0 Å². The summed E-state index contributed by atoms with van der Waals surface area (Å²) in [6, 6.07) is 5.59. The molecule has 3 heterocycles. The van der Waals surface area contributed by atoms with Crippen LogP contribution in [-0.4, -0.2) is 62.0 Å². The van der Waals surface area contributed by atoms with Gasteiger partial charge in [-0.25, -0.2) is 0 Å². The quantitative estimate of drug-likeness (QED) is 0.856. The smallest absolute Gasteiger partial charge is 0.233 e. The summed E-state index contributed by atoms with van der Waals surface area (Å²) in [6.07, 6.45) is 1.86. The Morgan fingerprint density at radius 1 is 1.39 bits per heavy atom. The van der Waals surface area contributed by atoms with Gasteiger partial charge in [0.05, 0.1) is 18.0 Å². The van der Waals surface area contributed by atoms with Gasteiger partial charge in [0, 0.05) is 19.3 Å². The van der Waals surface area contributed by atoms with Crippen LogP contribution in [-0.2, 0) is 9.53 Å². The molecule has 122 valence electrons. The number of carbonyl (C=O) groups excluding carboxylic acids is 1. The molecule has 3 rings (SSSR count). The van der Waals surface area contributed by atoms with Crippen LogP contribution in [0.15, 0.2) is 29.6 Å². The highest BCUT2D eigenvalue weighted by Crippen LogP contribution is 2.19. The van der Waals surface area contributed by atoms with Crippen molar-refractivity contribution in [2.24, 2.45) is 0 Å². The first-order chi connectivity index (χ1) is 11.1. The van der Waals surface area contributed by atoms with E-state index in [1.807, 2.05) is 36.9 Å². The third-order valence-corrected chi connectivity index (χ3v) is 4.30. The number of aromatic amines is 1. The molecule has 7 nitrogen and oxygen atoms in total. The Morgan fingerprint density at radius 3 is 2.87 bits per heavy atom. The minimum Gasteiger partial charge on any atom is -0.372 e. The molecule has 0 bridgehead atoms. The van der Waals surface area contributed by atoms with Gasteiger partial charge in [-0.1, -0.05) is 17.8 Å². The Balaban J connectivity index is 1.56. The number of thioether (sulfide) groups is 1. The van der Waals surface area contributed by atoms with E-state index in [-0.39, 0.29) is 18.1 Å². The maximum absolute atomic E-state index is 12.3. The summed E-state index contributed by atoms with van der Waals surface area (Å²) in [5.41, 5.74) is 0.731. The highest BCUT2D eigenvalue weighted by atomic mass is 32.2. The van der Waals surface area contributed by atoms with Crippen LogP contribution >= 0.6 is 11.8 Å². The maximum atomic E-state index is 12.3. The van der Waals surface area contributed by atoms with Crippen LogP contribution in [0.4, 0.5) is 0 Å². The van der Waals surface area contributed by atoms with Crippen LogP contribution in [0.3, 0.4) is 0 Å². The average molecular weight is 333 g/mol. The predicted octanol–water partition coefficient (Wildman–Crippen LogP) is 1.59. The van der Waals surface area contributed by atoms with Gasteiger partial charge >= 0.3 is 0 Å². The summed E-state index contributed by atoms with van der Waals surface area (Å²) >= 11 is 1.33. The van der Waals surface area contributed by atoms with Crippen LogP contribution in [0.2, 0.25) is 0 Å². The van der Waals surface area contributed by atoms with Crippen molar-refractivity contribution in [2.75, 3.05) is 18.8 Å². The Kier molecular flexibility index (Phi) is 4.92. The number of H-pyrrole nitrogens is 1. The van der Waals surface area contributed by atoms with Gasteiger partial charge in [0.25, 0.3) is 0 Å². The van der Waals surface area contributed by atoms with E-state index in [0.29, 0.717) is 29.8 Å². The van der Waals surface area contributed by atoms with Gasteiger partial charge in [-0.15, -0.1) is 5.10 Å². The van der Waals surface area contributed by atoms with Crippen molar-refractivity contribution in [1.82, 2.24) is 25.1 Å². The number of hydrogen-bond acceptors (Lipinski definition) is 6. The lowest BCUT2D eigenvalue weighted by Crippen LogP contribution is -2.48. The van der Waals surface area contributed by atoms with Crippen LogP contribution in [0.5, 0.6) is 0 Å². The second-order valence-electron chi connectivity index (χ2n) is 5.53. The van der Waals surface area contributed by atoms with Crippen molar-refractivity contribution in [2.45, 2.75) is 31.2 Å². The fraction of sp³-hybridized carbons (Fsp3) is 0.467. The first-order valence-electron chi connectivity index (χ1n) is 7.51. The molecule has 1 fully saturated rings. The number of hydrogen-bond donors (Lipinski definition) is 1. The number of rotatable bonds is 4. The van der Waals surface area contributed by atoms with E-state index in [4.69, 9.17) is 4.74 Å². The molecule has 1 amide bonds. The summed E-state index contributed by atoms with van der Waals surface area (Å²) in [7, 11) is 0. The number of carbonyl (C=O) groups is 1. The first-order valence-corrected chi connectivity index (χ1v) is 8.50. The Labute approximate surface area is 138 Å². The third-order valence-electron chi connectivity index (χ3n) is 3.47. The Hall–Kier alpha value is -1.93. The van der Waals surface area contributed by atoms with E-state index in [0.717, 1.165) is 5.69 Å². The van der Waals surface area contributed by atoms with Gasteiger partial charge in [-0.2, -0.15) is 4.98 Å². The van der Waals surface area contributed by atoms with Crippen molar-refractivity contribution in [3.8, 4) is 11.5 Å². The summed E-state index contributed by atoms with van der Waals surface area (Å²) in [6.45, 7) is 5.24. The molecule has 1 N–H and O–H groups in total. The van der Waals surface area contributed by atoms with Crippen LogP contribution in [0.25, 0.3) is 11.5 Å². The average Bonchev–Trinajstić information content (AvgIpc) is 3.01. The van der Waals surface area contributed by atoms with E-state index >= 15 is 0 Å². The number of nitrogens with zero attached hydrogens (tertiary/aromatic N) is 4. The van der Waals surface area contributed by atoms with Crippen molar-refractivity contribution in [3.05, 3.63) is 24.4 Å². The topological polar surface area (TPSA) is 84.0 Å². The second-order valence-corrected chi connectivity index (χ2v) is 6.47. The van der Waals surface area contributed by atoms with Gasteiger partial charge in [0.15, 0.2) is 5.82 Å². The minimum atomic E-state index is 0.0759. The molecule has 2 unspecified atom stereocenters. The Bertz CT molecular complexity index is 653. The van der Waals surface area contributed by atoms with Gasteiger partial charge < -0.3 is 9.64 Å². The maximum Gasteiger partial charge on any atom is 0.233 e. The highest BCUT2D eigenvalue weighted by Gasteiger charge is 2.25. The molecule has 0 spiro atoms. The molecule has 1 aliphatic rings. The van der Waals surface area contributed by atoms with Gasteiger partial charge in [0.1, 0.15) is 5.69 Å². The number of nitrogens with one attached hydrogen (secondary N) is 1. The standard InChI is InChI=1S/C15H19N5O2S/c1-10-7-20(8-11(2)22-10)13(21)9-23-15-17-14(18-19-15)12-5-3-4-6-16-12/h3-6,10-11H,7-9H2,1-2H3,(H,17,18,19). The van der Waals surface area contributed by atoms with Crippen molar-refractivity contribution >= 4 is 17.7 Å². The first kappa shape index (κ1) is 15.9. The molecule has 2 aromatic rings. The Morgan fingerprint density at radius 2 is 2.17 bits per heavy atom. The molecular formula is C15H19N5O2S. The van der Waals surface area contributed by atoms with Gasteiger partial charge in [-0.05, 0) is 26.0 Å². The van der Waals surface area contributed by atoms with Crippen LogP contribution in [0.1, 0.15) is 13.8 Å². The molecule has 0 aromatic carbocycles. The number of morpholine rings is 1.